The highest BCUT2D eigenvalue weighted by atomic mass is 32.2. The normalized spacial score (nSPS) is 34.6. The van der Waals surface area contributed by atoms with Crippen LogP contribution in [-0.4, -0.2) is 46.5 Å². The monoisotopic (exact) mass is 456 g/mol. The standard InChI is InChI=1S/C19H22F6N2O2S/c1-13(2)12(28)14(3,4)18(13)27-10(7-15(27,5)29-6)11(17(20,21)22)16(8-26,9-30-18)19(23,24)25/h7,9H2,1-6H3. The molecule has 168 valence electrons. The molecule has 1 saturated heterocycles. The van der Waals surface area contributed by atoms with Gasteiger partial charge in [0.2, 0.25) is 0 Å². The van der Waals surface area contributed by atoms with Crippen LogP contribution >= 0.6 is 11.8 Å². The van der Waals surface area contributed by atoms with Crippen LogP contribution in [0.1, 0.15) is 41.0 Å². The number of halogens is 6. The minimum Gasteiger partial charge on any atom is -0.359 e. The van der Waals surface area contributed by atoms with Gasteiger partial charge in [-0.25, -0.2) is 0 Å². The van der Waals surface area contributed by atoms with E-state index in [-0.39, 0.29) is 5.78 Å². The van der Waals surface area contributed by atoms with E-state index in [0.29, 0.717) is 11.8 Å². The first-order chi connectivity index (χ1) is 13.3. The number of nitriles is 1. The molecule has 0 radical (unpaired) electrons. The van der Waals surface area contributed by atoms with Crippen LogP contribution in [0.4, 0.5) is 26.3 Å². The number of carbonyl (C=O) groups is 1. The molecule has 0 bridgehead atoms. The molecule has 0 aromatic rings. The summed E-state index contributed by atoms with van der Waals surface area (Å²) in [5.41, 5.74) is -10.2. The number of fused-ring (bicyclic) bond motifs is 2. The third-order valence-corrected chi connectivity index (χ3v) is 9.19. The van der Waals surface area contributed by atoms with Crippen molar-refractivity contribution in [2.24, 2.45) is 16.2 Å². The lowest BCUT2D eigenvalue weighted by molar-refractivity contribution is -0.249. The molecule has 11 heteroatoms. The highest BCUT2D eigenvalue weighted by Crippen LogP contribution is 2.75. The summed E-state index contributed by atoms with van der Waals surface area (Å²) in [4.78, 5) is 12.6. The zero-order chi connectivity index (χ0) is 23.3. The average molecular weight is 456 g/mol. The van der Waals surface area contributed by atoms with Crippen molar-refractivity contribution >= 4 is 17.5 Å². The second-order valence-corrected chi connectivity index (χ2v) is 10.4. The zero-order valence-electron chi connectivity index (χ0n) is 17.3. The summed E-state index contributed by atoms with van der Waals surface area (Å²) in [5, 5.41) is 9.49. The Balaban J connectivity index is 2.44. The largest absolute Gasteiger partial charge is 0.416 e. The van der Waals surface area contributed by atoms with E-state index >= 15 is 0 Å². The van der Waals surface area contributed by atoms with E-state index in [0.717, 1.165) is 6.07 Å². The topological polar surface area (TPSA) is 53.3 Å². The molecule has 2 aliphatic heterocycles. The molecule has 2 atom stereocenters. The van der Waals surface area contributed by atoms with E-state index in [1.807, 2.05) is 0 Å². The number of ketones is 1. The molecule has 1 saturated carbocycles. The quantitative estimate of drug-likeness (QED) is 0.519. The molecule has 0 aromatic heterocycles. The molecule has 0 amide bonds. The first-order valence-corrected chi connectivity index (χ1v) is 10.1. The lowest BCUT2D eigenvalue weighted by Crippen LogP contribution is -2.84. The molecule has 30 heavy (non-hydrogen) atoms. The number of allylic oxidation sites excluding steroid dienone is 1. The van der Waals surface area contributed by atoms with Crippen molar-refractivity contribution in [3.63, 3.8) is 0 Å². The Labute approximate surface area is 174 Å². The fourth-order valence-corrected chi connectivity index (χ4v) is 7.79. The molecule has 1 aliphatic carbocycles. The van der Waals surface area contributed by atoms with Gasteiger partial charge in [-0.15, -0.1) is 11.8 Å². The van der Waals surface area contributed by atoms with Crippen molar-refractivity contribution < 1.29 is 35.9 Å². The number of rotatable bonds is 1. The Morgan fingerprint density at radius 2 is 1.57 bits per heavy atom. The Hall–Kier alpha value is -1.41. The Morgan fingerprint density at radius 1 is 1.07 bits per heavy atom. The van der Waals surface area contributed by atoms with Gasteiger partial charge in [-0.1, -0.05) is 0 Å². The van der Waals surface area contributed by atoms with Crippen LogP contribution in [0, 0.1) is 27.6 Å². The fraction of sp³-hybridized carbons (Fsp3) is 0.789. The zero-order valence-corrected chi connectivity index (χ0v) is 18.1. The van der Waals surface area contributed by atoms with Crippen LogP contribution in [0.5, 0.6) is 0 Å². The van der Waals surface area contributed by atoms with E-state index < -0.39 is 62.6 Å². The van der Waals surface area contributed by atoms with Crippen molar-refractivity contribution in [2.45, 2.75) is 64.0 Å². The van der Waals surface area contributed by atoms with Crippen LogP contribution in [0.25, 0.3) is 0 Å². The number of hydrogen-bond donors (Lipinski definition) is 0. The molecular formula is C19H22F6N2O2S. The average Bonchev–Trinajstić information content (AvgIpc) is 2.71. The maximum Gasteiger partial charge on any atom is 0.416 e. The van der Waals surface area contributed by atoms with Crippen LogP contribution in [-0.2, 0) is 9.53 Å². The minimum absolute atomic E-state index is 0.280. The fourth-order valence-electron chi connectivity index (χ4n) is 5.65. The van der Waals surface area contributed by atoms with E-state index in [4.69, 9.17) is 4.74 Å². The molecule has 2 fully saturated rings. The van der Waals surface area contributed by atoms with E-state index in [1.165, 1.54) is 46.6 Å². The maximum atomic E-state index is 14.1. The number of methoxy groups -OCH3 is 1. The van der Waals surface area contributed by atoms with Crippen LogP contribution < -0.4 is 0 Å². The van der Waals surface area contributed by atoms with E-state index in [9.17, 15) is 36.4 Å². The summed E-state index contributed by atoms with van der Waals surface area (Å²) in [7, 11) is 1.26. The van der Waals surface area contributed by atoms with Gasteiger partial charge in [0.05, 0.1) is 22.5 Å². The summed E-state index contributed by atoms with van der Waals surface area (Å²) in [5.74, 6) is -1.46. The molecule has 3 rings (SSSR count). The van der Waals surface area contributed by atoms with Crippen molar-refractivity contribution in [1.29, 1.82) is 5.26 Å². The van der Waals surface area contributed by atoms with Crippen LogP contribution in [0.2, 0.25) is 0 Å². The summed E-state index contributed by atoms with van der Waals surface area (Å²) >= 11 is 0.591. The summed E-state index contributed by atoms with van der Waals surface area (Å²) < 4.78 is 90.1. The molecule has 0 N–H and O–H groups in total. The first kappa shape index (κ1) is 23.3. The molecule has 1 spiro atoms. The van der Waals surface area contributed by atoms with Gasteiger partial charge in [-0.3, -0.25) is 4.79 Å². The summed E-state index contributed by atoms with van der Waals surface area (Å²) in [6, 6.07) is 0.960. The SMILES string of the molecule is COC1(C)CC2=C(C(F)(F)F)C(C#N)(C(F)(F)F)CSC3(N21)C(C)(C)C(=O)C3(C)C. The smallest absolute Gasteiger partial charge is 0.359 e. The van der Waals surface area contributed by atoms with Crippen molar-refractivity contribution in [1.82, 2.24) is 4.90 Å². The van der Waals surface area contributed by atoms with Crippen LogP contribution in [0.15, 0.2) is 11.3 Å². The molecule has 3 aliphatic rings. The van der Waals surface area contributed by atoms with Crippen LogP contribution in [0.3, 0.4) is 0 Å². The predicted octanol–water partition coefficient (Wildman–Crippen LogP) is 5.02. The van der Waals surface area contributed by atoms with E-state index in [2.05, 4.69) is 0 Å². The molecular weight excluding hydrogens is 434 g/mol. The molecule has 2 unspecified atom stereocenters. The number of nitrogens with zero attached hydrogens (tertiary/aromatic N) is 2. The van der Waals surface area contributed by atoms with Gasteiger partial charge in [0.15, 0.2) is 11.2 Å². The molecule has 0 aromatic carbocycles. The Bertz CT molecular complexity index is 867. The number of hydrogen-bond acceptors (Lipinski definition) is 5. The van der Waals surface area contributed by atoms with Crippen molar-refractivity contribution in [3.05, 3.63) is 11.3 Å². The Kier molecular flexibility index (Phi) is 4.56. The first-order valence-electron chi connectivity index (χ1n) is 9.15. The summed E-state index contributed by atoms with van der Waals surface area (Å²) in [6.07, 6.45) is -11.3. The van der Waals surface area contributed by atoms with Gasteiger partial charge >= 0.3 is 12.4 Å². The molecule has 4 nitrogen and oxygen atoms in total. The summed E-state index contributed by atoms with van der Waals surface area (Å²) in [6.45, 7) is 7.54. The minimum atomic E-state index is -5.47. The van der Waals surface area contributed by atoms with E-state index in [1.54, 1.807) is 0 Å². The Morgan fingerprint density at radius 3 is 1.93 bits per heavy atom. The van der Waals surface area contributed by atoms with Gasteiger partial charge in [0, 0.05) is 25.0 Å². The number of Topliss-reactive ketones (excluding diaryl/α,β-unsaturated/α-hetero) is 1. The lowest BCUT2D eigenvalue weighted by Gasteiger charge is -2.74. The second-order valence-electron chi connectivity index (χ2n) is 9.24. The van der Waals surface area contributed by atoms with Crippen molar-refractivity contribution in [2.75, 3.05) is 12.9 Å². The third-order valence-electron chi connectivity index (χ3n) is 6.99. The van der Waals surface area contributed by atoms with Gasteiger partial charge in [0.25, 0.3) is 0 Å². The van der Waals surface area contributed by atoms with Gasteiger partial charge in [0.1, 0.15) is 10.6 Å². The number of alkyl halides is 6. The van der Waals surface area contributed by atoms with Gasteiger partial charge in [-0.2, -0.15) is 31.6 Å². The maximum absolute atomic E-state index is 14.1. The number of thioether (sulfide) groups is 1. The lowest BCUT2D eigenvalue weighted by atomic mass is 9.48. The second kappa shape index (κ2) is 5.88. The highest BCUT2D eigenvalue weighted by molar-refractivity contribution is 8.00. The third kappa shape index (κ3) is 2.27. The highest BCUT2D eigenvalue weighted by Gasteiger charge is 2.82. The van der Waals surface area contributed by atoms with Gasteiger partial charge < -0.3 is 9.64 Å². The predicted molar refractivity (Wildman–Crippen MR) is 96.8 cm³/mol. The number of carbonyl (C=O) groups excluding carboxylic acids is 1. The molecule has 2 heterocycles. The number of ether oxygens (including phenoxy) is 1. The van der Waals surface area contributed by atoms with Gasteiger partial charge in [-0.05, 0) is 34.6 Å². The van der Waals surface area contributed by atoms with Crippen molar-refractivity contribution in [3.8, 4) is 6.07 Å².